The summed E-state index contributed by atoms with van der Waals surface area (Å²) in [5.41, 5.74) is -0.377. The van der Waals surface area contributed by atoms with Crippen molar-refractivity contribution in [1.82, 2.24) is 0 Å². The summed E-state index contributed by atoms with van der Waals surface area (Å²) in [4.78, 5) is 23.2. The molecule has 5 heteroatoms. The molecule has 0 aromatic carbocycles. The van der Waals surface area contributed by atoms with Gasteiger partial charge in [-0.1, -0.05) is 33.1 Å². The van der Waals surface area contributed by atoms with Crippen molar-refractivity contribution in [2.75, 3.05) is 6.61 Å². The summed E-state index contributed by atoms with van der Waals surface area (Å²) in [5, 5.41) is 0. The molecule has 0 heterocycles. The largest absolute Gasteiger partial charge is 0.466 e. The van der Waals surface area contributed by atoms with Gasteiger partial charge in [0, 0.05) is 6.42 Å². The van der Waals surface area contributed by atoms with Gasteiger partial charge < -0.3 is 14.2 Å². The Hall–Kier alpha value is -1.10. The van der Waals surface area contributed by atoms with Gasteiger partial charge in [0.15, 0.2) is 0 Å². The second kappa shape index (κ2) is 11.5. The van der Waals surface area contributed by atoms with Crippen molar-refractivity contribution in [3.05, 3.63) is 0 Å². The van der Waals surface area contributed by atoms with Gasteiger partial charge in [0.05, 0.1) is 25.0 Å². The normalized spacial score (nSPS) is 12.8. The van der Waals surface area contributed by atoms with E-state index in [1.165, 1.54) is 0 Å². The Balaban J connectivity index is 3.84. The first-order valence-corrected chi connectivity index (χ1v) is 8.31. The molecule has 0 aromatic heterocycles. The van der Waals surface area contributed by atoms with Crippen molar-refractivity contribution in [1.29, 1.82) is 0 Å². The van der Waals surface area contributed by atoms with E-state index in [-0.39, 0.29) is 24.4 Å². The minimum absolute atomic E-state index is 0.0256. The van der Waals surface area contributed by atoms with Crippen LogP contribution in [0.2, 0.25) is 0 Å². The molecular weight excluding hydrogens is 284 g/mol. The van der Waals surface area contributed by atoms with Gasteiger partial charge in [0.2, 0.25) is 6.29 Å². The number of carbonyl (C=O) groups excluding carboxylic acids is 2. The zero-order valence-electron chi connectivity index (χ0n) is 14.8. The van der Waals surface area contributed by atoms with E-state index in [0.717, 1.165) is 25.7 Å². The molecule has 0 N–H and O–H groups in total. The Morgan fingerprint density at radius 3 is 2.14 bits per heavy atom. The third kappa shape index (κ3) is 12.6. The molecule has 0 aromatic rings. The van der Waals surface area contributed by atoms with E-state index in [9.17, 15) is 9.59 Å². The van der Waals surface area contributed by atoms with Gasteiger partial charge >= 0.3 is 11.9 Å². The van der Waals surface area contributed by atoms with Gasteiger partial charge in [-0.05, 0) is 27.2 Å². The number of unbranched alkanes of at least 4 members (excludes halogenated alkanes) is 3. The fourth-order valence-electron chi connectivity index (χ4n) is 1.78. The average Bonchev–Trinajstić information content (AvgIpc) is 2.42. The van der Waals surface area contributed by atoms with E-state index in [0.29, 0.717) is 13.0 Å². The maximum atomic E-state index is 11.7. The number of carbonyl (C=O) groups is 2. The third-order valence-electron chi connectivity index (χ3n) is 2.88. The standard InChI is InChI=1S/C17H32O5/c1-6-8-9-10-13-20-14(18)11-12-15(19)21-16(7-2)22-17(3,4)5/h16H,6-13H2,1-5H3. The second-order valence-electron chi connectivity index (χ2n) is 6.34. The van der Waals surface area contributed by atoms with Crippen molar-refractivity contribution < 1.29 is 23.8 Å². The van der Waals surface area contributed by atoms with Crippen LogP contribution < -0.4 is 0 Å². The first-order chi connectivity index (χ1) is 10.3. The van der Waals surface area contributed by atoms with Crippen LogP contribution in [0, 0.1) is 0 Å². The van der Waals surface area contributed by atoms with Crippen LogP contribution in [-0.2, 0) is 23.8 Å². The lowest BCUT2D eigenvalue weighted by molar-refractivity contribution is -0.204. The van der Waals surface area contributed by atoms with Crippen LogP contribution in [-0.4, -0.2) is 30.4 Å². The number of hydrogen-bond donors (Lipinski definition) is 0. The molecule has 0 aliphatic rings. The second-order valence-corrected chi connectivity index (χ2v) is 6.34. The van der Waals surface area contributed by atoms with Gasteiger partial charge in [-0.25, -0.2) is 0 Å². The average molecular weight is 316 g/mol. The zero-order chi connectivity index (χ0) is 17.0. The lowest BCUT2D eigenvalue weighted by Gasteiger charge is -2.26. The fourth-order valence-corrected chi connectivity index (χ4v) is 1.78. The van der Waals surface area contributed by atoms with Gasteiger partial charge in [0.1, 0.15) is 0 Å². The lowest BCUT2D eigenvalue weighted by Crippen LogP contribution is -2.30. The minimum Gasteiger partial charge on any atom is -0.466 e. The third-order valence-corrected chi connectivity index (χ3v) is 2.88. The van der Waals surface area contributed by atoms with Crippen LogP contribution in [0.25, 0.3) is 0 Å². The van der Waals surface area contributed by atoms with E-state index in [1.807, 2.05) is 27.7 Å². The molecule has 5 nitrogen and oxygen atoms in total. The first-order valence-electron chi connectivity index (χ1n) is 8.31. The Labute approximate surface area is 134 Å². The van der Waals surface area contributed by atoms with Crippen LogP contribution in [0.3, 0.4) is 0 Å². The van der Waals surface area contributed by atoms with Gasteiger partial charge in [-0.3, -0.25) is 9.59 Å². The van der Waals surface area contributed by atoms with Crippen molar-refractivity contribution >= 4 is 11.9 Å². The lowest BCUT2D eigenvalue weighted by atomic mass is 10.2. The summed E-state index contributed by atoms with van der Waals surface area (Å²) >= 11 is 0. The molecule has 22 heavy (non-hydrogen) atoms. The maximum absolute atomic E-state index is 11.7. The highest BCUT2D eigenvalue weighted by Crippen LogP contribution is 2.14. The molecule has 0 spiro atoms. The van der Waals surface area contributed by atoms with E-state index in [1.54, 1.807) is 0 Å². The monoisotopic (exact) mass is 316 g/mol. The molecule has 130 valence electrons. The van der Waals surface area contributed by atoms with Crippen LogP contribution in [0.5, 0.6) is 0 Å². The molecule has 0 fully saturated rings. The van der Waals surface area contributed by atoms with Crippen molar-refractivity contribution in [3.8, 4) is 0 Å². The van der Waals surface area contributed by atoms with Crippen LogP contribution in [0.15, 0.2) is 0 Å². The zero-order valence-corrected chi connectivity index (χ0v) is 14.8. The molecule has 1 atom stereocenters. The SMILES string of the molecule is CCCCCCOC(=O)CCC(=O)OC(CC)OC(C)(C)C. The molecule has 1 unspecified atom stereocenters. The van der Waals surface area contributed by atoms with Gasteiger partial charge in [0.25, 0.3) is 0 Å². The van der Waals surface area contributed by atoms with Crippen molar-refractivity contribution in [2.45, 2.75) is 91.5 Å². The summed E-state index contributed by atoms with van der Waals surface area (Å²) in [6.45, 7) is 10.1. The Bertz CT molecular complexity index is 320. The maximum Gasteiger partial charge on any atom is 0.308 e. The topological polar surface area (TPSA) is 61.8 Å². The van der Waals surface area contributed by atoms with Crippen molar-refractivity contribution in [3.63, 3.8) is 0 Å². The molecule has 0 aliphatic carbocycles. The first kappa shape index (κ1) is 20.9. The summed E-state index contributed by atoms with van der Waals surface area (Å²) in [5.74, 6) is -0.780. The summed E-state index contributed by atoms with van der Waals surface area (Å²) in [6, 6.07) is 0. The van der Waals surface area contributed by atoms with Crippen molar-refractivity contribution in [2.24, 2.45) is 0 Å². The number of ether oxygens (including phenoxy) is 3. The Kier molecular flexibility index (Phi) is 10.9. The summed E-state index contributed by atoms with van der Waals surface area (Å²) in [7, 11) is 0. The van der Waals surface area contributed by atoms with Crippen LogP contribution >= 0.6 is 0 Å². The molecule has 0 bridgehead atoms. The minimum atomic E-state index is -0.572. The van der Waals surface area contributed by atoms with E-state index < -0.39 is 12.3 Å². The number of hydrogen-bond acceptors (Lipinski definition) is 5. The predicted octanol–water partition coefficient (Wildman–Crippen LogP) is 3.98. The quantitative estimate of drug-likeness (QED) is 0.328. The number of esters is 2. The van der Waals surface area contributed by atoms with E-state index in [2.05, 4.69) is 6.92 Å². The molecule has 0 saturated carbocycles. The summed E-state index contributed by atoms with van der Waals surface area (Å²) in [6.07, 6.45) is 4.32. The number of rotatable bonds is 11. The highest BCUT2D eigenvalue weighted by atomic mass is 16.7. The van der Waals surface area contributed by atoms with Gasteiger partial charge in [-0.15, -0.1) is 0 Å². The smallest absolute Gasteiger partial charge is 0.308 e. The Morgan fingerprint density at radius 1 is 0.955 bits per heavy atom. The fraction of sp³-hybridized carbons (Fsp3) is 0.882. The van der Waals surface area contributed by atoms with Crippen LogP contribution in [0.1, 0.15) is 79.6 Å². The highest BCUT2D eigenvalue weighted by molar-refractivity contribution is 5.77. The van der Waals surface area contributed by atoms with Gasteiger partial charge in [-0.2, -0.15) is 0 Å². The highest BCUT2D eigenvalue weighted by Gasteiger charge is 2.21. The molecule has 0 radical (unpaired) electrons. The summed E-state index contributed by atoms with van der Waals surface area (Å²) < 4.78 is 15.9. The predicted molar refractivity (Wildman–Crippen MR) is 85.3 cm³/mol. The van der Waals surface area contributed by atoms with Crippen LogP contribution in [0.4, 0.5) is 0 Å². The Morgan fingerprint density at radius 2 is 1.59 bits per heavy atom. The molecule has 0 aliphatic heterocycles. The van der Waals surface area contributed by atoms with E-state index >= 15 is 0 Å². The molecule has 0 rings (SSSR count). The molecule has 0 amide bonds. The molecular formula is C17H32O5. The van der Waals surface area contributed by atoms with E-state index in [4.69, 9.17) is 14.2 Å². The molecule has 0 saturated heterocycles.